The molecule has 0 aliphatic heterocycles. The SMILES string of the molecule is COc1cccc(Sc2nc(C(C)C)nc(NN)c2C)c1. The van der Waals surface area contributed by atoms with Crippen molar-refractivity contribution in [1.29, 1.82) is 0 Å². The van der Waals surface area contributed by atoms with Crippen molar-refractivity contribution >= 4 is 17.6 Å². The van der Waals surface area contributed by atoms with Gasteiger partial charge < -0.3 is 10.2 Å². The molecule has 0 saturated heterocycles. The van der Waals surface area contributed by atoms with Crippen LogP contribution in [0.2, 0.25) is 0 Å². The summed E-state index contributed by atoms with van der Waals surface area (Å²) in [7, 11) is 1.66. The van der Waals surface area contributed by atoms with Crippen LogP contribution in [0.3, 0.4) is 0 Å². The third-order valence-electron chi connectivity index (χ3n) is 3.03. The Hall–Kier alpha value is -1.79. The first-order valence-corrected chi connectivity index (χ1v) is 7.53. The molecule has 0 spiro atoms. The number of aromatic nitrogens is 2. The fraction of sp³-hybridized carbons (Fsp3) is 0.333. The number of anilines is 1. The number of benzene rings is 1. The molecule has 0 radical (unpaired) electrons. The van der Waals surface area contributed by atoms with Crippen LogP contribution in [0.1, 0.15) is 31.2 Å². The molecule has 5 nitrogen and oxygen atoms in total. The zero-order valence-corrected chi connectivity index (χ0v) is 13.5. The van der Waals surface area contributed by atoms with Crippen LogP contribution in [-0.4, -0.2) is 17.1 Å². The molecule has 0 unspecified atom stereocenters. The van der Waals surface area contributed by atoms with Crippen LogP contribution >= 0.6 is 11.8 Å². The summed E-state index contributed by atoms with van der Waals surface area (Å²) in [5, 5.41) is 0.898. The van der Waals surface area contributed by atoms with Gasteiger partial charge in [-0.1, -0.05) is 31.7 Å². The van der Waals surface area contributed by atoms with Crippen molar-refractivity contribution < 1.29 is 4.74 Å². The lowest BCUT2D eigenvalue weighted by molar-refractivity contribution is 0.413. The summed E-state index contributed by atoms with van der Waals surface area (Å²) in [5.74, 6) is 8.07. The van der Waals surface area contributed by atoms with Crippen molar-refractivity contribution in [3.8, 4) is 5.75 Å². The maximum atomic E-state index is 5.56. The maximum absolute atomic E-state index is 5.56. The fourth-order valence-corrected chi connectivity index (χ4v) is 2.72. The van der Waals surface area contributed by atoms with Gasteiger partial charge in [-0.25, -0.2) is 15.8 Å². The average Bonchev–Trinajstić information content (AvgIpc) is 2.49. The second-order valence-corrected chi connectivity index (χ2v) is 6.00. The summed E-state index contributed by atoms with van der Waals surface area (Å²) in [6.45, 7) is 6.08. The van der Waals surface area contributed by atoms with Gasteiger partial charge in [-0.3, -0.25) is 0 Å². The summed E-state index contributed by atoms with van der Waals surface area (Å²) >= 11 is 1.58. The Labute approximate surface area is 129 Å². The molecule has 1 heterocycles. The largest absolute Gasteiger partial charge is 0.497 e. The molecular weight excluding hydrogens is 284 g/mol. The van der Waals surface area contributed by atoms with Crippen LogP contribution in [-0.2, 0) is 0 Å². The molecule has 0 aliphatic carbocycles. The lowest BCUT2D eigenvalue weighted by Crippen LogP contribution is -2.13. The minimum absolute atomic E-state index is 0.238. The zero-order valence-electron chi connectivity index (χ0n) is 12.7. The Morgan fingerprint density at radius 1 is 1.29 bits per heavy atom. The van der Waals surface area contributed by atoms with Crippen molar-refractivity contribution in [2.45, 2.75) is 36.6 Å². The van der Waals surface area contributed by atoms with Gasteiger partial charge in [-0.2, -0.15) is 0 Å². The van der Waals surface area contributed by atoms with Gasteiger partial charge in [0.25, 0.3) is 0 Å². The molecule has 0 amide bonds. The van der Waals surface area contributed by atoms with E-state index in [0.29, 0.717) is 5.82 Å². The normalized spacial score (nSPS) is 10.8. The van der Waals surface area contributed by atoms with E-state index in [1.807, 2.05) is 31.2 Å². The van der Waals surface area contributed by atoms with Gasteiger partial charge in [-0.15, -0.1) is 0 Å². The van der Waals surface area contributed by atoms with Gasteiger partial charge in [-0.05, 0) is 25.1 Å². The van der Waals surface area contributed by atoms with Crippen LogP contribution in [0.25, 0.3) is 0 Å². The number of ether oxygens (including phenoxy) is 1. The molecule has 2 rings (SSSR count). The molecule has 0 saturated carbocycles. The number of rotatable bonds is 5. The Kier molecular flexibility index (Phi) is 5.03. The Balaban J connectivity index is 2.40. The molecule has 1 aromatic carbocycles. The third-order valence-corrected chi connectivity index (χ3v) is 4.11. The summed E-state index contributed by atoms with van der Waals surface area (Å²) in [6, 6.07) is 7.89. The van der Waals surface area contributed by atoms with Crippen molar-refractivity contribution in [3.05, 3.63) is 35.7 Å². The predicted octanol–water partition coefficient (Wildman–Crippen LogP) is 3.35. The quantitative estimate of drug-likeness (QED) is 0.501. The van der Waals surface area contributed by atoms with Crippen LogP contribution in [0, 0.1) is 6.92 Å². The number of nitrogen functional groups attached to an aromatic ring is 1. The van der Waals surface area contributed by atoms with Gasteiger partial charge in [0, 0.05) is 16.4 Å². The first kappa shape index (κ1) is 15.6. The first-order valence-electron chi connectivity index (χ1n) is 6.72. The molecular formula is C15H20N4OS. The summed E-state index contributed by atoms with van der Waals surface area (Å²) in [4.78, 5) is 10.2. The number of nitrogens with one attached hydrogen (secondary N) is 1. The van der Waals surface area contributed by atoms with E-state index < -0.39 is 0 Å². The topological polar surface area (TPSA) is 73.1 Å². The maximum Gasteiger partial charge on any atom is 0.147 e. The Morgan fingerprint density at radius 2 is 2.05 bits per heavy atom. The highest BCUT2D eigenvalue weighted by Crippen LogP contribution is 2.33. The van der Waals surface area contributed by atoms with E-state index in [1.165, 1.54) is 0 Å². The van der Waals surface area contributed by atoms with Crippen molar-refractivity contribution in [2.75, 3.05) is 12.5 Å². The van der Waals surface area contributed by atoms with E-state index in [-0.39, 0.29) is 5.92 Å². The van der Waals surface area contributed by atoms with Gasteiger partial charge in [0.2, 0.25) is 0 Å². The molecule has 1 aromatic heterocycles. The van der Waals surface area contributed by atoms with Gasteiger partial charge in [0.1, 0.15) is 22.4 Å². The third kappa shape index (κ3) is 3.65. The van der Waals surface area contributed by atoms with Crippen LogP contribution in [0.15, 0.2) is 34.2 Å². The minimum atomic E-state index is 0.238. The minimum Gasteiger partial charge on any atom is -0.497 e. The number of hydrogen-bond donors (Lipinski definition) is 2. The van der Waals surface area contributed by atoms with Crippen molar-refractivity contribution in [2.24, 2.45) is 5.84 Å². The number of nitrogens with zero attached hydrogens (tertiary/aromatic N) is 2. The Bertz CT molecular complexity index is 631. The monoisotopic (exact) mass is 304 g/mol. The second-order valence-electron chi connectivity index (χ2n) is 4.94. The van der Waals surface area contributed by atoms with Gasteiger partial charge >= 0.3 is 0 Å². The number of nitrogens with two attached hydrogens (primary N) is 1. The van der Waals surface area contributed by atoms with E-state index in [0.717, 1.165) is 27.1 Å². The predicted molar refractivity (Wildman–Crippen MR) is 85.8 cm³/mol. The highest BCUT2D eigenvalue weighted by atomic mass is 32.2. The van der Waals surface area contributed by atoms with E-state index in [1.54, 1.807) is 18.9 Å². The molecule has 21 heavy (non-hydrogen) atoms. The number of hydrogen-bond acceptors (Lipinski definition) is 6. The molecule has 0 bridgehead atoms. The first-order chi connectivity index (χ1) is 10.0. The van der Waals surface area contributed by atoms with Crippen LogP contribution in [0.5, 0.6) is 5.75 Å². The lowest BCUT2D eigenvalue weighted by Gasteiger charge is -2.13. The smallest absolute Gasteiger partial charge is 0.147 e. The van der Waals surface area contributed by atoms with E-state index >= 15 is 0 Å². The standard InChI is InChI=1S/C15H20N4OS/c1-9(2)13-17-14(19-16)10(3)15(18-13)21-12-7-5-6-11(8-12)20-4/h5-9H,16H2,1-4H3,(H,17,18,19). The molecule has 3 N–H and O–H groups in total. The molecule has 0 fully saturated rings. The van der Waals surface area contributed by atoms with Gasteiger partial charge in [0.15, 0.2) is 0 Å². The summed E-state index contributed by atoms with van der Waals surface area (Å²) in [6.07, 6.45) is 0. The number of hydrazine groups is 1. The molecule has 0 aliphatic rings. The highest BCUT2D eigenvalue weighted by Gasteiger charge is 2.13. The van der Waals surface area contributed by atoms with E-state index in [9.17, 15) is 0 Å². The van der Waals surface area contributed by atoms with Gasteiger partial charge in [0.05, 0.1) is 7.11 Å². The summed E-state index contributed by atoms with van der Waals surface area (Å²) in [5.41, 5.74) is 3.59. The summed E-state index contributed by atoms with van der Waals surface area (Å²) < 4.78 is 5.25. The molecule has 0 atom stereocenters. The lowest BCUT2D eigenvalue weighted by atomic mass is 10.2. The molecule has 2 aromatic rings. The number of methoxy groups -OCH3 is 1. The fourth-order valence-electron chi connectivity index (χ4n) is 1.79. The second kappa shape index (κ2) is 6.78. The molecule has 112 valence electrons. The Morgan fingerprint density at radius 3 is 2.67 bits per heavy atom. The van der Waals surface area contributed by atoms with Crippen LogP contribution < -0.4 is 16.0 Å². The van der Waals surface area contributed by atoms with Crippen molar-refractivity contribution in [1.82, 2.24) is 9.97 Å². The van der Waals surface area contributed by atoms with Crippen LogP contribution in [0.4, 0.5) is 5.82 Å². The van der Waals surface area contributed by atoms with E-state index in [4.69, 9.17) is 10.6 Å². The van der Waals surface area contributed by atoms with E-state index in [2.05, 4.69) is 29.2 Å². The van der Waals surface area contributed by atoms with Crippen molar-refractivity contribution in [3.63, 3.8) is 0 Å². The highest BCUT2D eigenvalue weighted by molar-refractivity contribution is 7.99. The zero-order chi connectivity index (χ0) is 15.4. The molecule has 6 heteroatoms. The average molecular weight is 304 g/mol.